The third kappa shape index (κ3) is 5.53. The van der Waals surface area contributed by atoms with E-state index in [2.05, 4.69) is 6.92 Å². The number of unbranched alkanes of at least 4 members (excludes halogenated alkanes) is 3. The van der Waals surface area contributed by atoms with Crippen molar-refractivity contribution in [2.75, 3.05) is 13.2 Å². The molecule has 1 saturated carbocycles. The van der Waals surface area contributed by atoms with Gasteiger partial charge in [0.1, 0.15) is 0 Å². The van der Waals surface area contributed by atoms with Crippen LogP contribution in [0.25, 0.3) is 0 Å². The summed E-state index contributed by atoms with van der Waals surface area (Å²) in [5.41, 5.74) is 5.65. The molecular formula is C13H27NO. The molecule has 0 aromatic rings. The SMILES string of the molecule is CC1(OCCCCCCN)CCCCC1. The van der Waals surface area contributed by atoms with E-state index in [1.54, 1.807) is 0 Å². The topological polar surface area (TPSA) is 35.2 Å². The molecule has 1 fully saturated rings. The van der Waals surface area contributed by atoms with Crippen LogP contribution in [0.3, 0.4) is 0 Å². The van der Waals surface area contributed by atoms with Crippen molar-refractivity contribution in [2.45, 2.75) is 70.3 Å². The lowest BCUT2D eigenvalue weighted by Crippen LogP contribution is -2.31. The summed E-state index contributed by atoms with van der Waals surface area (Å²) in [6.07, 6.45) is 11.5. The fourth-order valence-corrected chi connectivity index (χ4v) is 2.36. The highest BCUT2D eigenvalue weighted by Crippen LogP contribution is 2.31. The molecule has 0 aromatic heterocycles. The van der Waals surface area contributed by atoms with Crippen molar-refractivity contribution in [3.8, 4) is 0 Å². The Morgan fingerprint density at radius 2 is 1.67 bits per heavy atom. The molecule has 0 aliphatic heterocycles. The first kappa shape index (κ1) is 13.0. The lowest BCUT2D eigenvalue weighted by Gasteiger charge is -2.33. The maximum atomic E-state index is 6.02. The van der Waals surface area contributed by atoms with Gasteiger partial charge in [-0.2, -0.15) is 0 Å². The summed E-state index contributed by atoms with van der Waals surface area (Å²) in [7, 11) is 0. The molecule has 2 heteroatoms. The molecule has 0 radical (unpaired) electrons. The standard InChI is InChI=1S/C13H27NO/c1-13(9-5-4-6-10-13)15-12-8-3-2-7-11-14/h2-12,14H2,1H3. The van der Waals surface area contributed by atoms with Crippen molar-refractivity contribution in [3.63, 3.8) is 0 Å². The van der Waals surface area contributed by atoms with Gasteiger partial charge >= 0.3 is 0 Å². The van der Waals surface area contributed by atoms with E-state index in [1.807, 2.05) is 0 Å². The molecular weight excluding hydrogens is 186 g/mol. The highest BCUT2D eigenvalue weighted by Gasteiger charge is 2.26. The molecule has 0 bridgehead atoms. The minimum absolute atomic E-state index is 0.201. The van der Waals surface area contributed by atoms with E-state index in [-0.39, 0.29) is 5.60 Å². The van der Waals surface area contributed by atoms with Crippen LogP contribution in [0.15, 0.2) is 0 Å². The normalized spacial score (nSPS) is 20.4. The quantitative estimate of drug-likeness (QED) is 0.659. The predicted octanol–water partition coefficient (Wildman–Crippen LogP) is 3.24. The molecule has 0 unspecified atom stereocenters. The van der Waals surface area contributed by atoms with Gasteiger partial charge in [0, 0.05) is 6.61 Å². The van der Waals surface area contributed by atoms with Crippen molar-refractivity contribution in [3.05, 3.63) is 0 Å². The van der Waals surface area contributed by atoms with Crippen LogP contribution in [0.4, 0.5) is 0 Å². The Kier molecular flexibility index (Phi) is 6.26. The third-order valence-electron chi connectivity index (χ3n) is 3.46. The van der Waals surface area contributed by atoms with Gasteiger partial charge in [0.2, 0.25) is 0 Å². The van der Waals surface area contributed by atoms with Crippen LogP contribution in [0.5, 0.6) is 0 Å². The molecule has 0 atom stereocenters. The highest BCUT2D eigenvalue weighted by atomic mass is 16.5. The smallest absolute Gasteiger partial charge is 0.0654 e. The Balaban J connectivity index is 1.98. The van der Waals surface area contributed by atoms with Gasteiger partial charge in [-0.05, 0) is 39.2 Å². The lowest BCUT2D eigenvalue weighted by molar-refractivity contribution is -0.0574. The summed E-state index contributed by atoms with van der Waals surface area (Å²) in [6.45, 7) is 4.06. The fourth-order valence-electron chi connectivity index (χ4n) is 2.36. The van der Waals surface area contributed by atoms with Gasteiger partial charge in [0.25, 0.3) is 0 Å². The van der Waals surface area contributed by atoms with E-state index < -0.39 is 0 Å². The molecule has 0 aromatic carbocycles. The molecule has 0 heterocycles. The van der Waals surface area contributed by atoms with Crippen molar-refractivity contribution in [1.82, 2.24) is 0 Å². The minimum atomic E-state index is 0.201. The van der Waals surface area contributed by atoms with Gasteiger partial charge in [-0.25, -0.2) is 0 Å². The molecule has 1 rings (SSSR count). The molecule has 90 valence electrons. The number of nitrogens with two attached hydrogens (primary N) is 1. The van der Waals surface area contributed by atoms with E-state index >= 15 is 0 Å². The lowest BCUT2D eigenvalue weighted by atomic mass is 9.86. The Bertz CT molecular complexity index is 153. The summed E-state index contributed by atoms with van der Waals surface area (Å²) in [6, 6.07) is 0. The van der Waals surface area contributed by atoms with E-state index in [9.17, 15) is 0 Å². The van der Waals surface area contributed by atoms with E-state index in [0.29, 0.717) is 0 Å². The molecule has 2 N–H and O–H groups in total. The van der Waals surface area contributed by atoms with E-state index in [4.69, 9.17) is 10.5 Å². The van der Waals surface area contributed by atoms with Crippen LogP contribution >= 0.6 is 0 Å². The zero-order valence-corrected chi connectivity index (χ0v) is 10.3. The van der Waals surface area contributed by atoms with E-state index in [0.717, 1.165) is 19.6 Å². The maximum Gasteiger partial charge on any atom is 0.0654 e. The van der Waals surface area contributed by atoms with Gasteiger partial charge in [0.05, 0.1) is 5.60 Å². The van der Waals surface area contributed by atoms with Crippen molar-refractivity contribution in [2.24, 2.45) is 5.73 Å². The van der Waals surface area contributed by atoms with Crippen molar-refractivity contribution in [1.29, 1.82) is 0 Å². The average Bonchev–Trinajstić information content (AvgIpc) is 2.24. The van der Waals surface area contributed by atoms with Gasteiger partial charge in [-0.1, -0.05) is 32.1 Å². The number of hydrogen-bond acceptors (Lipinski definition) is 2. The van der Waals surface area contributed by atoms with E-state index in [1.165, 1.54) is 51.4 Å². The van der Waals surface area contributed by atoms with Crippen LogP contribution in [-0.2, 0) is 4.74 Å². The average molecular weight is 213 g/mol. The number of ether oxygens (including phenoxy) is 1. The Morgan fingerprint density at radius 1 is 1.00 bits per heavy atom. The second-order valence-electron chi connectivity index (χ2n) is 5.06. The Hall–Kier alpha value is -0.0800. The third-order valence-corrected chi connectivity index (χ3v) is 3.46. The second kappa shape index (κ2) is 7.24. The van der Waals surface area contributed by atoms with Crippen LogP contribution in [0.1, 0.15) is 64.7 Å². The van der Waals surface area contributed by atoms with Gasteiger partial charge in [0.15, 0.2) is 0 Å². The van der Waals surface area contributed by atoms with Crippen molar-refractivity contribution >= 4 is 0 Å². The van der Waals surface area contributed by atoms with Crippen LogP contribution in [0.2, 0.25) is 0 Å². The maximum absolute atomic E-state index is 6.02. The zero-order chi connectivity index (χ0) is 11.0. The molecule has 0 saturated heterocycles. The largest absolute Gasteiger partial charge is 0.375 e. The van der Waals surface area contributed by atoms with Crippen molar-refractivity contribution < 1.29 is 4.74 Å². The first-order chi connectivity index (χ1) is 7.27. The first-order valence-electron chi connectivity index (χ1n) is 6.61. The van der Waals surface area contributed by atoms with Gasteiger partial charge < -0.3 is 10.5 Å². The first-order valence-corrected chi connectivity index (χ1v) is 6.61. The fraction of sp³-hybridized carbons (Fsp3) is 1.00. The summed E-state index contributed by atoms with van der Waals surface area (Å²) in [4.78, 5) is 0. The summed E-state index contributed by atoms with van der Waals surface area (Å²) < 4.78 is 6.02. The summed E-state index contributed by atoms with van der Waals surface area (Å²) >= 11 is 0. The zero-order valence-electron chi connectivity index (χ0n) is 10.3. The van der Waals surface area contributed by atoms with Crippen LogP contribution in [-0.4, -0.2) is 18.8 Å². The second-order valence-corrected chi connectivity index (χ2v) is 5.06. The number of rotatable bonds is 7. The Labute approximate surface area is 94.6 Å². The summed E-state index contributed by atoms with van der Waals surface area (Å²) in [5, 5.41) is 0. The van der Waals surface area contributed by atoms with Gasteiger partial charge in [-0.15, -0.1) is 0 Å². The van der Waals surface area contributed by atoms with Gasteiger partial charge in [-0.3, -0.25) is 0 Å². The Morgan fingerprint density at radius 3 is 2.33 bits per heavy atom. The molecule has 1 aliphatic rings. The molecule has 2 nitrogen and oxygen atoms in total. The molecule has 1 aliphatic carbocycles. The molecule has 0 spiro atoms. The van der Waals surface area contributed by atoms with Crippen LogP contribution in [0, 0.1) is 0 Å². The predicted molar refractivity (Wildman–Crippen MR) is 65.0 cm³/mol. The summed E-state index contributed by atoms with van der Waals surface area (Å²) in [5.74, 6) is 0. The minimum Gasteiger partial charge on any atom is -0.375 e. The number of hydrogen-bond donors (Lipinski definition) is 1. The molecule has 15 heavy (non-hydrogen) atoms. The highest BCUT2D eigenvalue weighted by molar-refractivity contribution is 4.79. The monoisotopic (exact) mass is 213 g/mol. The molecule has 0 amide bonds. The van der Waals surface area contributed by atoms with Crippen LogP contribution < -0.4 is 5.73 Å².